The van der Waals surface area contributed by atoms with Crippen LogP contribution in [0.1, 0.15) is 41.5 Å². The molecule has 3 heterocycles. The molecule has 1 aliphatic rings. The molecule has 1 amide bonds. The van der Waals surface area contributed by atoms with Gasteiger partial charge in [0.1, 0.15) is 5.82 Å². The van der Waals surface area contributed by atoms with E-state index < -0.39 is 0 Å². The molecule has 1 atom stereocenters. The predicted octanol–water partition coefficient (Wildman–Crippen LogP) is 1.72. The summed E-state index contributed by atoms with van der Waals surface area (Å²) >= 11 is 0. The van der Waals surface area contributed by atoms with E-state index in [0.29, 0.717) is 12.3 Å². The van der Waals surface area contributed by atoms with Crippen molar-refractivity contribution >= 4 is 5.91 Å². The Balaban J connectivity index is 1.57. The van der Waals surface area contributed by atoms with Gasteiger partial charge in [-0.25, -0.2) is 4.98 Å². The van der Waals surface area contributed by atoms with E-state index in [2.05, 4.69) is 14.6 Å². The second-order valence-electron chi connectivity index (χ2n) is 6.56. The summed E-state index contributed by atoms with van der Waals surface area (Å²) in [5.74, 6) is 1.69. The van der Waals surface area contributed by atoms with E-state index in [0.717, 1.165) is 48.7 Å². The Morgan fingerprint density at radius 1 is 1.35 bits per heavy atom. The van der Waals surface area contributed by atoms with Crippen LogP contribution in [0.4, 0.5) is 0 Å². The van der Waals surface area contributed by atoms with Crippen LogP contribution < -0.4 is 0 Å². The molecule has 23 heavy (non-hydrogen) atoms. The third-order valence-electron chi connectivity index (χ3n) is 4.88. The first-order chi connectivity index (χ1) is 11.0. The molecule has 0 spiro atoms. The Kier molecular flexibility index (Phi) is 4.24. The molecule has 1 fully saturated rings. The van der Waals surface area contributed by atoms with Crippen LogP contribution in [0, 0.1) is 13.8 Å². The van der Waals surface area contributed by atoms with Crippen molar-refractivity contribution in [2.75, 3.05) is 13.1 Å². The van der Waals surface area contributed by atoms with E-state index >= 15 is 0 Å². The van der Waals surface area contributed by atoms with Crippen molar-refractivity contribution in [3.63, 3.8) is 0 Å². The minimum atomic E-state index is 0.238. The van der Waals surface area contributed by atoms with Gasteiger partial charge in [0.15, 0.2) is 0 Å². The Labute approximate surface area is 137 Å². The minimum Gasteiger partial charge on any atom is -0.342 e. The maximum absolute atomic E-state index is 12.5. The van der Waals surface area contributed by atoms with Crippen LogP contribution in [0.5, 0.6) is 0 Å². The van der Waals surface area contributed by atoms with Gasteiger partial charge in [-0.2, -0.15) is 5.10 Å². The number of rotatable bonds is 4. The standard InChI is InChI=1S/C17H25N5O/c1-12-10-20(3)17(19-12)15-7-8-22(11-15)16(23)6-5-14-9-18-21(4)13(14)2/h9-10,15H,5-8,11H2,1-4H3/t15-/m1/s1. The number of carbonyl (C=O) groups is 1. The van der Waals surface area contributed by atoms with E-state index in [1.165, 1.54) is 0 Å². The third kappa shape index (κ3) is 3.16. The number of imidazole rings is 1. The zero-order chi connectivity index (χ0) is 16.6. The van der Waals surface area contributed by atoms with E-state index in [9.17, 15) is 4.79 Å². The van der Waals surface area contributed by atoms with Crippen molar-refractivity contribution in [1.29, 1.82) is 0 Å². The molecule has 0 aliphatic carbocycles. The number of nitrogens with zero attached hydrogens (tertiary/aromatic N) is 5. The normalized spacial score (nSPS) is 17.9. The molecule has 6 nitrogen and oxygen atoms in total. The molecule has 6 heteroatoms. The van der Waals surface area contributed by atoms with Crippen molar-refractivity contribution in [3.05, 3.63) is 35.2 Å². The molecule has 2 aromatic rings. The molecule has 124 valence electrons. The zero-order valence-corrected chi connectivity index (χ0v) is 14.4. The Morgan fingerprint density at radius 2 is 2.13 bits per heavy atom. The third-order valence-corrected chi connectivity index (χ3v) is 4.88. The van der Waals surface area contributed by atoms with Crippen LogP contribution in [-0.4, -0.2) is 43.2 Å². The highest BCUT2D eigenvalue weighted by Gasteiger charge is 2.29. The number of aromatic nitrogens is 4. The summed E-state index contributed by atoms with van der Waals surface area (Å²) in [7, 11) is 3.96. The van der Waals surface area contributed by atoms with Gasteiger partial charge in [-0.15, -0.1) is 0 Å². The van der Waals surface area contributed by atoms with Gasteiger partial charge < -0.3 is 9.47 Å². The Hall–Kier alpha value is -2.11. The Morgan fingerprint density at radius 3 is 2.74 bits per heavy atom. The molecule has 2 aromatic heterocycles. The highest BCUT2D eigenvalue weighted by molar-refractivity contribution is 5.76. The number of hydrogen-bond donors (Lipinski definition) is 0. The molecule has 0 bridgehead atoms. The second kappa shape index (κ2) is 6.18. The molecule has 0 aromatic carbocycles. The smallest absolute Gasteiger partial charge is 0.222 e. The summed E-state index contributed by atoms with van der Waals surface area (Å²) < 4.78 is 3.95. The first-order valence-corrected chi connectivity index (χ1v) is 8.21. The summed E-state index contributed by atoms with van der Waals surface area (Å²) in [5.41, 5.74) is 3.34. The van der Waals surface area contributed by atoms with Crippen molar-refractivity contribution in [2.45, 2.75) is 39.0 Å². The Bertz CT molecular complexity index is 715. The van der Waals surface area contributed by atoms with Crippen LogP contribution in [0.3, 0.4) is 0 Å². The van der Waals surface area contributed by atoms with Crippen molar-refractivity contribution in [1.82, 2.24) is 24.2 Å². The van der Waals surface area contributed by atoms with Gasteiger partial charge in [0.2, 0.25) is 5.91 Å². The molecular weight excluding hydrogens is 290 g/mol. The molecule has 1 aliphatic heterocycles. The average Bonchev–Trinajstić information content (AvgIpc) is 3.19. The number of likely N-dealkylation sites (tertiary alicyclic amines) is 1. The van der Waals surface area contributed by atoms with E-state index in [1.54, 1.807) is 0 Å². The minimum absolute atomic E-state index is 0.238. The van der Waals surface area contributed by atoms with Gasteiger partial charge >= 0.3 is 0 Å². The highest BCUT2D eigenvalue weighted by atomic mass is 16.2. The predicted molar refractivity (Wildman–Crippen MR) is 88.1 cm³/mol. The van der Waals surface area contributed by atoms with Crippen LogP contribution in [0.25, 0.3) is 0 Å². The lowest BCUT2D eigenvalue weighted by molar-refractivity contribution is -0.130. The van der Waals surface area contributed by atoms with Gasteiger partial charge in [0.05, 0.1) is 11.9 Å². The van der Waals surface area contributed by atoms with Crippen molar-refractivity contribution < 1.29 is 4.79 Å². The van der Waals surface area contributed by atoms with Gasteiger partial charge in [-0.3, -0.25) is 9.48 Å². The van der Waals surface area contributed by atoms with Gasteiger partial charge in [0.25, 0.3) is 0 Å². The van der Waals surface area contributed by atoms with Gasteiger partial charge in [-0.05, 0) is 32.3 Å². The van der Waals surface area contributed by atoms with Crippen molar-refractivity contribution in [2.24, 2.45) is 14.1 Å². The highest BCUT2D eigenvalue weighted by Crippen LogP contribution is 2.27. The SMILES string of the molecule is Cc1cn(C)c([C@@H]2CCN(C(=O)CCc3cnn(C)c3C)C2)n1. The first kappa shape index (κ1) is 15.8. The van der Waals surface area contributed by atoms with E-state index in [1.807, 2.05) is 49.9 Å². The topological polar surface area (TPSA) is 56.0 Å². The van der Waals surface area contributed by atoms with Crippen LogP contribution in [0.2, 0.25) is 0 Å². The fraction of sp³-hybridized carbons (Fsp3) is 0.588. The van der Waals surface area contributed by atoms with E-state index in [4.69, 9.17) is 0 Å². The van der Waals surface area contributed by atoms with Gasteiger partial charge in [0, 0.05) is 51.4 Å². The molecule has 0 saturated carbocycles. The fourth-order valence-corrected chi connectivity index (χ4v) is 3.40. The molecule has 0 unspecified atom stereocenters. The molecule has 1 saturated heterocycles. The zero-order valence-electron chi connectivity index (χ0n) is 14.4. The van der Waals surface area contributed by atoms with Crippen molar-refractivity contribution in [3.8, 4) is 0 Å². The quantitative estimate of drug-likeness (QED) is 0.863. The van der Waals surface area contributed by atoms with Crippen LogP contribution in [-0.2, 0) is 25.3 Å². The number of hydrogen-bond acceptors (Lipinski definition) is 3. The summed E-state index contributed by atoms with van der Waals surface area (Å²) in [6.45, 7) is 5.68. The lowest BCUT2D eigenvalue weighted by Gasteiger charge is -2.16. The molecule has 0 radical (unpaired) electrons. The number of aryl methyl sites for hydroxylation is 4. The monoisotopic (exact) mass is 315 g/mol. The summed E-state index contributed by atoms with van der Waals surface area (Å²) in [6, 6.07) is 0. The number of carbonyl (C=O) groups excluding carboxylic acids is 1. The van der Waals surface area contributed by atoms with Crippen LogP contribution in [0.15, 0.2) is 12.4 Å². The number of amides is 1. The maximum Gasteiger partial charge on any atom is 0.222 e. The fourth-order valence-electron chi connectivity index (χ4n) is 3.40. The lowest BCUT2D eigenvalue weighted by Crippen LogP contribution is -2.28. The average molecular weight is 315 g/mol. The maximum atomic E-state index is 12.5. The largest absolute Gasteiger partial charge is 0.342 e. The van der Waals surface area contributed by atoms with Crippen LogP contribution >= 0.6 is 0 Å². The second-order valence-corrected chi connectivity index (χ2v) is 6.56. The summed E-state index contributed by atoms with van der Waals surface area (Å²) in [6.07, 6.45) is 6.24. The lowest BCUT2D eigenvalue weighted by atomic mass is 10.1. The molecule has 0 N–H and O–H groups in total. The molecular formula is C17H25N5O. The summed E-state index contributed by atoms with van der Waals surface area (Å²) in [5, 5.41) is 4.24. The first-order valence-electron chi connectivity index (χ1n) is 8.21. The summed E-state index contributed by atoms with van der Waals surface area (Å²) in [4.78, 5) is 19.1. The molecule has 3 rings (SSSR count). The van der Waals surface area contributed by atoms with E-state index in [-0.39, 0.29) is 5.91 Å². The van der Waals surface area contributed by atoms with Gasteiger partial charge in [-0.1, -0.05) is 0 Å².